The Morgan fingerprint density at radius 1 is 0.327 bits per heavy atom. The third-order valence-corrected chi connectivity index (χ3v) is 10.9. The third kappa shape index (κ3) is 5.28. The molecule has 55 heavy (non-hydrogen) atoms. The Kier molecular flexibility index (Phi) is 7.17. The molecule has 0 saturated carbocycles. The molecule has 3 heteroatoms. The Morgan fingerprint density at radius 3 is 1.82 bits per heavy atom. The molecular weight excluding hydrogens is 669 g/mol. The lowest BCUT2D eigenvalue weighted by Crippen LogP contribution is -2.10. The number of nitrogens with zero attached hydrogens (tertiary/aromatic N) is 2. The summed E-state index contributed by atoms with van der Waals surface area (Å²) in [5.74, 6) is 0. The van der Waals surface area contributed by atoms with Gasteiger partial charge in [-0.3, -0.25) is 0 Å². The van der Waals surface area contributed by atoms with Crippen LogP contribution in [0.15, 0.2) is 211 Å². The second-order valence-corrected chi connectivity index (χ2v) is 14.2. The summed E-state index contributed by atoms with van der Waals surface area (Å²) in [4.78, 5) is 2.38. The van der Waals surface area contributed by atoms with E-state index < -0.39 is 0 Å². The smallest absolute Gasteiger partial charge is 0.136 e. The first kappa shape index (κ1) is 31.2. The maximum Gasteiger partial charge on any atom is 0.136 e. The van der Waals surface area contributed by atoms with Gasteiger partial charge in [-0.25, -0.2) is 0 Å². The SMILES string of the molecule is c1ccc(-c2cccc(N(c3ccc(-c4ccc5cc6c(cc5c4)oc4ccccc46)cc3)c3ccc4c5ccccc5n(-c5ccccc5)c4c3)c2)cc1. The number of fused-ring (bicyclic) bond motifs is 7. The van der Waals surface area contributed by atoms with Crippen molar-refractivity contribution in [1.29, 1.82) is 0 Å². The topological polar surface area (TPSA) is 21.3 Å². The van der Waals surface area contributed by atoms with Crippen molar-refractivity contribution in [2.45, 2.75) is 0 Å². The predicted octanol–water partition coefficient (Wildman–Crippen LogP) is 14.6. The van der Waals surface area contributed by atoms with Gasteiger partial charge in [0.1, 0.15) is 11.2 Å². The number of hydrogen-bond acceptors (Lipinski definition) is 2. The molecule has 0 unspecified atom stereocenters. The lowest BCUT2D eigenvalue weighted by molar-refractivity contribution is 0.669. The van der Waals surface area contributed by atoms with Gasteiger partial charge >= 0.3 is 0 Å². The van der Waals surface area contributed by atoms with Crippen molar-refractivity contribution in [2.75, 3.05) is 4.90 Å². The monoisotopic (exact) mass is 702 g/mol. The Hall–Kier alpha value is -7.36. The number of hydrogen-bond donors (Lipinski definition) is 0. The van der Waals surface area contributed by atoms with Crippen LogP contribution in [0.2, 0.25) is 0 Å². The number of aromatic nitrogens is 1. The van der Waals surface area contributed by atoms with Gasteiger partial charge in [0.25, 0.3) is 0 Å². The van der Waals surface area contributed by atoms with Gasteiger partial charge < -0.3 is 13.9 Å². The first-order chi connectivity index (χ1) is 27.2. The normalized spacial score (nSPS) is 11.6. The van der Waals surface area contributed by atoms with Crippen molar-refractivity contribution >= 4 is 71.6 Å². The number of benzene rings is 9. The maximum atomic E-state index is 6.24. The quantitative estimate of drug-likeness (QED) is 0.172. The fourth-order valence-corrected chi connectivity index (χ4v) is 8.31. The molecule has 2 aromatic heterocycles. The second-order valence-electron chi connectivity index (χ2n) is 14.2. The van der Waals surface area contributed by atoms with Gasteiger partial charge in [-0.15, -0.1) is 0 Å². The van der Waals surface area contributed by atoms with Crippen LogP contribution in [0.1, 0.15) is 0 Å². The van der Waals surface area contributed by atoms with Gasteiger partial charge in [-0.2, -0.15) is 0 Å². The van der Waals surface area contributed by atoms with Gasteiger partial charge in [0.05, 0.1) is 11.0 Å². The summed E-state index contributed by atoms with van der Waals surface area (Å²) in [6.07, 6.45) is 0. The van der Waals surface area contributed by atoms with Crippen LogP contribution in [-0.4, -0.2) is 4.57 Å². The van der Waals surface area contributed by atoms with Crippen LogP contribution in [0, 0.1) is 0 Å². The molecule has 0 radical (unpaired) electrons. The van der Waals surface area contributed by atoms with Crippen LogP contribution in [0.4, 0.5) is 17.1 Å². The lowest BCUT2D eigenvalue weighted by Gasteiger charge is -2.26. The highest BCUT2D eigenvalue weighted by molar-refractivity contribution is 6.11. The molecular formula is C52H34N2O. The zero-order valence-corrected chi connectivity index (χ0v) is 29.9. The molecule has 0 aliphatic heterocycles. The summed E-state index contributed by atoms with van der Waals surface area (Å²) < 4.78 is 8.62. The fraction of sp³-hybridized carbons (Fsp3) is 0. The minimum absolute atomic E-state index is 0.915. The van der Waals surface area contributed by atoms with Crippen LogP contribution >= 0.6 is 0 Å². The highest BCUT2D eigenvalue weighted by atomic mass is 16.3. The second kappa shape index (κ2) is 12.6. The molecule has 0 bridgehead atoms. The molecule has 2 heterocycles. The number of anilines is 3. The fourth-order valence-electron chi connectivity index (χ4n) is 8.31. The molecule has 0 aliphatic rings. The van der Waals surface area contributed by atoms with Crippen LogP contribution in [0.25, 0.3) is 82.5 Å². The van der Waals surface area contributed by atoms with Crippen molar-refractivity contribution in [3.8, 4) is 27.9 Å². The molecule has 9 aromatic carbocycles. The lowest BCUT2D eigenvalue weighted by atomic mass is 9.99. The molecule has 0 fully saturated rings. The van der Waals surface area contributed by atoms with Crippen LogP contribution in [-0.2, 0) is 0 Å². The van der Waals surface area contributed by atoms with E-state index in [4.69, 9.17) is 4.42 Å². The molecule has 0 N–H and O–H groups in total. The summed E-state index contributed by atoms with van der Waals surface area (Å²) in [6.45, 7) is 0. The standard InChI is InChI=1S/C52H34N2O/c1-3-12-35(13-4-1)37-14-11-17-43(31-37)53(44-28-29-46-45-18-7-9-20-49(45)54(50(46)34-44)41-15-5-2-6-16-41)42-26-24-36(25-27-42)38-22-23-39-32-48-47-19-8-10-21-51(47)55-52(48)33-40(39)30-38/h1-34H. The highest BCUT2D eigenvalue weighted by Gasteiger charge is 2.18. The number of furan rings is 1. The number of rotatable bonds is 6. The zero-order valence-electron chi connectivity index (χ0n) is 29.9. The molecule has 0 spiro atoms. The molecule has 0 saturated heterocycles. The number of para-hydroxylation sites is 3. The van der Waals surface area contributed by atoms with Gasteiger partial charge in [-0.1, -0.05) is 127 Å². The van der Waals surface area contributed by atoms with Gasteiger partial charge in [-0.05, 0) is 112 Å². The summed E-state index contributed by atoms with van der Waals surface area (Å²) in [7, 11) is 0. The molecule has 11 rings (SSSR count). The third-order valence-electron chi connectivity index (χ3n) is 10.9. The Balaban J connectivity index is 1.05. The van der Waals surface area contributed by atoms with E-state index in [1.807, 2.05) is 12.1 Å². The molecule has 0 amide bonds. The molecule has 11 aromatic rings. The van der Waals surface area contributed by atoms with E-state index in [0.717, 1.165) is 55.6 Å². The van der Waals surface area contributed by atoms with E-state index in [9.17, 15) is 0 Å². The van der Waals surface area contributed by atoms with E-state index in [1.54, 1.807) is 0 Å². The maximum absolute atomic E-state index is 6.24. The highest BCUT2D eigenvalue weighted by Crippen LogP contribution is 2.41. The zero-order chi connectivity index (χ0) is 36.3. The van der Waals surface area contributed by atoms with E-state index in [1.165, 1.54) is 43.9 Å². The Morgan fingerprint density at radius 2 is 0.964 bits per heavy atom. The molecule has 258 valence electrons. The van der Waals surface area contributed by atoms with E-state index in [-0.39, 0.29) is 0 Å². The Labute approximate surface area is 318 Å². The predicted molar refractivity (Wildman–Crippen MR) is 231 cm³/mol. The largest absolute Gasteiger partial charge is 0.456 e. The van der Waals surface area contributed by atoms with Crippen molar-refractivity contribution < 1.29 is 4.42 Å². The average molecular weight is 703 g/mol. The van der Waals surface area contributed by atoms with E-state index in [0.29, 0.717) is 0 Å². The van der Waals surface area contributed by atoms with Crippen LogP contribution < -0.4 is 4.90 Å². The summed E-state index contributed by atoms with van der Waals surface area (Å²) in [5, 5.41) is 7.14. The molecule has 3 nitrogen and oxygen atoms in total. The van der Waals surface area contributed by atoms with Crippen molar-refractivity contribution in [1.82, 2.24) is 4.57 Å². The van der Waals surface area contributed by atoms with Crippen molar-refractivity contribution in [3.63, 3.8) is 0 Å². The van der Waals surface area contributed by atoms with Gasteiger partial charge in [0.2, 0.25) is 0 Å². The van der Waals surface area contributed by atoms with Crippen molar-refractivity contribution in [3.05, 3.63) is 206 Å². The van der Waals surface area contributed by atoms with Gasteiger partial charge in [0, 0.05) is 44.3 Å². The van der Waals surface area contributed by atoms with Crippen LogP contribution in [0.3, 0.4) is 0 Å². The molecule has 0 atom stereocenters. The summed E-state index contributed by atoms with van der Waals surface area (Å²) in [6, 6.07) is 74.1. The van der Waals surface area contributed by atoms with E-state index >= 15 is 0 Å². The minimum atomic E-state index is 0.915. The minimum Gasteiger partial charge on any atom is -0.456 e. The average Bonchev–Trinajstić information content (AvgIpc) is 3.78. The summed E-state index contributed by atoms with van der Waals surface area (Å²) >= 11 is 0. The van der Waals surface area contributed by atoms with E-state index in [2.05, 4.69) is 204 Å². The summed E-state index contributed by atoms with van der Waals surface area (Å²) in [5.41, 5.74) is 13.3. The van der Waals surface area contributed by atoms with Crippen LogP contribution in [0.5, 0.6) is 0 Å². The molecule has 0 aliphatic carbocycles. The van der Waals surface area contributed by atoms with Gasteiger partial charge in [0.15, 0.2) is 0 Å². The first-order valence-corrected chi connectivity index (χ1v) is 18.7. The first-order valence-electron chi connectivity index (χ1n) is 18.7. The van der Waals surface area contributed by atoms with Crippen molar-refractivity contribution in [2.24, 2.45) is 0 Å². The Bertz CT molecular complexity index is 3190.